The number of anilines is 1. The molecule has 0 saturated carbocycles. The van der Waals surface area contributed by atoms with Crippen molar-refractivity contribution < 1.29 is 4.74 Å². The molecule has 1 aliphatic heterocycles. The van der Waals surface area contributed by atoms with Crippen LogP contribution in [-0.2, 0) is 10.3 Å². The molecule has 128 valence electrons. The van der Waals surface area contributed by atoms with Gasteiger partial charge in [0.15, 0.2) is 0 Å². The van der Waals surface area contributed by atoms with Crippen molar-refractivity contribution in [2.45, 2.75) is 45.4 Å². The monoisotopic (exact) mass is 331 g/mol. The summed E-state index contributed by atoms with van der Waals surface area (Å²) in [5, 5.41) is 6.18. The first-order chi connectivity index (χ1) is 12.1. The summed E-state index contributed by atoms with van der Waals surface area (Å²) >= 11 is 0. The van der Waals surface area contributed by atoms with Gasteiger partial charge in [-0.25, -0.2) is 0 Å². The number of fused-ring (bicyclic) bond motifs is 2. The lowest BCUT2D eigenvalue weighted by atomic mass is 9.83. The molecule has 0 amide bonds. The number of hydrogen-bond donors (Lipinski definition) is 1. The second-order valence-corrected chi connectivity index (χ2v) is 7.31. The number of ether oxygens (including phenoxy) is 1. The minimum atomic E-state index is -0.338. The first-order valence-corrected chi connectivity index (χ1v) is 9.16. The van der Waals surface area contributed by atoms with Gasteiger partial charge in [0.25, 0.3) is 0 Å². The molecule has 25 heavy (non-hydrogen) atoms. The fourth-order valence-electron chi connectivity index (χ4n) is 4.00. The fourth-order valence-corrected chi connectivity index (χ4v) is 4.00. The zero-order valence-electron chi connectivity index (χ0n) is 15.2. The van der Waals surface area contributed by atoms with Crippen LogP contribution in [0.15, 0.2) is 60.7 Å². The summed E-state index contributed by atoms with van der Waals surface area (Å²) in [5.74, 6) is 0. The van der Waals surface area contributed by atoms with Gasteiger partial charge in [0.1, 0.15) is 6.23 Å². The minimum Gasteiger partial charge on any atom is -0.360 e. The summed E-state index contributed by atoms with van der Waals surface area (Å²) in [6.07, 6.45) is 2.18. The third-order valence-electron chi connectivity index (χ3n) is 5.02. The molecule has 4 rings (SSSR count). The van der Waals surface area contributed by atoms with E-state index in [9.17, 15) is 0 Å². The van der Waals surface area contributed by atoms with Crippen molar-refractivity contribution in [1.29, 1.82) is 0 Å². The highest BCUT2D eigenvalue weighted by Gasteiger charge is 2.36. The first kappa shape index (κ1) is 16.2. The maximum Gasteiger partial charge on any atom is 0.128 e. The van der Waals surface area contributed by atoms with E-state index >= 15 is 0 Å². The lowest BCUT2D eigenvalue weighted by Gasteiger charge is -2.41. The minimum absolute atomic E-state index is 0.0669. The van der Waals surface area contributed by atoms with E-state index < -0.39 is 0 Å². The van der Waals surface area contributed by atoms with E-state index in [-0.39, 0.29) is 11.8 Å². The Morgan fingerprint density at radius 1 is 1.00 bits per heavy atom. The molecule has 2 heteroatoms. The van der Waals surface area contributed by atoms with Gasteiger partial charge < -0.3 is 10.1 Å². The maximum atomic E-state index is 6.44. The van der Waals surface area contributed by atoms with Crippen LogP contribution in [0.3, 0.4) is 0 Å². The van der Waals surface area contributed by atoms with E-state index in [1.807, 2.05) is 0 Å². The van der Waals surface area contributed by atoms with Crippen molar-refractivity contribution in [3.8, 4) is 11.1 Å². The molecule has 0 aliphatic carbocycles. The highest BCUT2D eigenvalue weighted by atomic mass is 16.5. The molecular weight excluding hydrogens is 306 g/mol. The molecule has 0 radical (unpaired) electrons. The Kier molecular flexibility index (Phi) is 4.01. The molecular formula is C23H25NO. The normalized spacial score (nSPS) is 18.6. The molecule has 1 aliphatic rings. The zero-order valence-corrected chi connectivity index (χ0v) is 15.2. The van der Waals surface area contributed by atoms with E-state index in [2.05, 4.69) is 86.8 Å². The third kappa shape index (κ3) is 2.81. The van der Waals surface area contributed by atoms with Crippen molar-refractivity contribution in [1.82, 2.24) is 0 Å². The van der Waals surface area contributed by atoms with Crippen molar-refractivity contribution in [3.05, 3.63) is 66.2 Å². The van der Waals surface area contributed by atoms with Gasteiger partial charge in [-0.15, -0.1) is 0 Å². The van der Waals surface area contributed by atoms with E-state index in [1.165, 1.54) is 33.2 Å². The Bertz CT molecular complexity index is 899. The van der Waals surface area contributed by atoms with Crippen LogP contribution in [0.5, 0.6) is 0 Å². The molecule has 1 atom stereocenters. The molecule has 1 heterocycles. The molecule has 1 N–H and O–H groups in total. The van der Waals surface area contributed by atoms with Crippen LogP contribution < -0.4 is 5.32 Å². The zero-order chi connectivity index (χ0) is 17.4. The standard InChI is InChI=1S/C23H25NO/c1-4-10-20-24-19-15-17-13-8-9-14-18(17)21(16-11-6-5-7-12-16)22(19)23(2,3)25-20/h5-9,11-15,20,24H,4,10H2,1-3H3. The Morgan fingerprint density at radius 2 is 1.72 bits per heavy atom. The Labute approximate surface area is 149 Å². The molecule has 1 unspecified atom stereocenters. The highest BCUT2D eigenvalue weighted by molar-refractivity contribution is 6.02. The molecule has 0 bridgehead atoms. The molecule has 3 aromatic carbocycles. The lowest BCUT2D eigenvalue weighted by molar-refractivity contribution is -0.0737. The fraction of sp³-hybridized carbons (Fsp3) is 0.304. The Balaban J connectivity index is 2.03. The van der Waals surface area contributed by atoms with Gasteiger partial charge in [-0.2, -0.15) is 0 Å². The van der Waals surface area contributed by atoms with E-state index in [4.69, 9.17) is 4.74 Å². The average Bonchev–Trinajstić information content (AvgIpc) is 2.60. The average molecular weight is 331 g/mol. The van der Waals surface area contributed by atoms with Crippen molar-refractivity contribution >= 4 is 16.5 Å². The van der Waals surface area contributed by atoms with Crippen LogP contribution in [-0.4, -0.2) is 6.23 Å². The largest absolute Gasteiger partial charge is 0.360 e. The lowest BCUT2D eigenvalue weighted by Crippen LogP contribution is -2.39. The van der Waals surface area contributed by atoms with Crippen LogP contribution in [0.1, 0.15) is 39.2 Å². The molecule has 2 nitrogen and oxygen atoms in total. The molecule has 3 aromatic rings. The van der Waals surface area contributed by atoms with Crippen LogP contribution >= 0.6 is 0 Å². The second kappa shape index (κ2) is 6.20. The van der Waals surface area contributed by atoms with Gasteiger partial charge in [0, 0.05) is 11.3 Å². The van der Waals surface area contributed by atoms with Crippen LogP contribution in [0.25, 0.3) is 21.9 Å². The van der Waals surface area contributed by atoms with Crippen molar-refractivity contribution in [3.63, 3.8) is 0 Å². The topological polar surface area (TPSA) is 21.3 Å². The second-order valence-electron chi connectivity index (χ2n) is 7.31. The van der Waals surface area contributed by atoms with Gasteiger partial charge in [0.2, 0.25) is 0 Å². The van der Waals surface area contributed by atoms with Crippen LogP contribution in [0, 0.1) is 0 Å². The summed E-state index contributed by atoms with van der Waals surface area (Å²) in [5.41, 5.74) is 4.64. The van der Waals surface area contributed by atoms with Crippen molar-refractivity contribution in [2.24, 2.45) is 0 Å². The van der Waals surface area contributed by atoms with E-state index in [0.717, 1.165) is 12.8 Å². The van der Waals surface area contributed by atoms with Crippen LogP contribution in [0.4, 0.5) is 5.69 Å². The van der Waals surface area contributed by atoms with Gasteiger partial charge in [-0.1, -0.05) is 67.9 Å². The SMILES string of the molecule is CCCC1Nc2cc3ccccc3c(-c3ccccc3)c2C(C)(C)O1. The summed E-state index contributed by atoms with van der Waals surface area (Å²) < 4.78 is 6.44. The quantitative estimate of drug-likeness (QED) is 0.607. The number of rotatable bonds is 3. The van der Waals surface area contributed by atoms with E-state index in [1.54, 1.807) is 0 Å². The Morgan fingerprint density at radius 3 is 2.48 bits per heavy atom. The smallest absolute Gasteiger partial charge is 0.128 e. The molecule has 0 spiro atoms. The molecule has 0 saturated heterocycles. The Hall–Kier alpha value is -2.32. The summed E-state index contributed by atoms with van der Waals surface area (Å²) in [6.45, 7) is 6.58. The maximum absolute atomic E-state index is 6.44. The first-order valence-electron chi connectivity index (χ1n) is 9.16. The number of benzene rings is 3. The summed E-state index contributed by atoms with van der Waals surface area (Å²) in [7, 11) is 0. The predicted octanol–water partition coefficient (Wildman–Crippen LogP) is 6.31. The molecule has 0 fully saturated rings. The number of nitrogens with one attached hydrogen (secondary N) is 1. The molecule has 0 aromatic heterocycles. The summed E-state index contributed by atoms with van der Waals surface area (Å²) in [4.78, 5) is 0. The van der Waals surface area contributed by atoms with Gasteiger partial charge in [0.05, 0.1) is 5.60 Å². The van der Waals surface area contributed by atoms with Gasteiger partial charge >= 0.3 is 0 Å². The summed E-state index contributed by atoms with van der Waals surface area (Å²) in [6, 6.07) is 21.6. The van der Waals surface area contributed by atoms with Gasteiger partial charge in [-0.3, -0.25) is 0 Å². The highest BCUT2D eigenvalue weighted by Crippen LogP contribution is 2.47. The van der Waals surface area contributed by atoms with Crippen LogP contribution in [0.2, 0.25) is 0 Å². The third-order valence-corrected chi connectivity index (χ3v) is 5.02. The van der Waals surface area contributed by atoms with Crippen molar-refractivity contribution in [2.75, 3.05) is 5.32 Å². The van der Waals surface area contributed by atoms with E-state index in [0.29, 0.717) is 0 Å². The van der Waals surface area contributed by atoms with Gasteiger partial charge in [-0.05, 0) is 48.2 Å². The number of hydrogen-bond acceptors (Lipinski definition) is 2. The predicted molar refractivity (Wildman–Crippen MR) is 106 cm³/mol.